The Hall–Kier alpha value is -0.980. The summed E-state index contributed by atoms with van der Waals surface area (Å²) in [4.78, 5) is -0.783. The summed E-state index contributed by atoms with van der Waals surface area (Å²) in [5, 5.41) is 17.8. The summed E-state index contributed by atoms with van der Waals surface area (Å²) in [6, 6.07) is 1.48. The molecule has 0 spiro atoms. The van der Waals surface area contributed by atoms with Crippen LogP contribution in [0.4, 0.5) is 0 Å². The van der Waals surface area contributed by atoms with Crippen molar-refractivity contribution in [1.82, 2.24) is 0 Å². The first-order valence-corrected chi connectivity index (χ1v) is 4.83. The number of hydrogen-bond acceptors (Lipinski definition) is 4. The van der Waals surface area contributed by atoms with Crippen LogP contribution in [0.25, 0.3) is 0 Å². The van der Waals surface area contributed by atoms with Crippen molar-refractivity contribution in [2.24, 2.45) is 0 Å². The van der Waals surface area contributed by atoms with Gasteiger partial charge in [-0.1, -0.05) is 11.6 Å². The smallest absolute Gasteiger partial charge is 0.298 e. The van der Waals surface area contributed by atoms with E-state index in [4.69, 9.17) is 26.4 Å². The van der Waals surface area contributed by atoms with Crippen molar-refractivity contribution in [1.29, 1.82) is 0 Å². The highest BCUT2D eigenvalue weighted by Gasteiger charge is 2.17. The summed E-state index contributed by atoms with van der Waals surface area (Å²) < 4.78 is 29.7. The number of halogens is 1. The maximum Gasteiger partial charge on any atom is 0.298 e. The Morgan fingerprint density at radius 2 is 1.69 bits per heavy atom. The monoisotopic (exact) mass is 224 g/mol. The van der Waals surface area contributed by atoms with Crippen LogP contribution >= 0.6 is 11.6 Å². The van der Waals surface area contributed by atoms with Crippen molar-refractivity contribution in [3.63, 3.8) is 0 Å². The van der Waals surface area contributed by atoms with E-state index in [1.54, 1.807) is 0 Å². The van der Waals surface area contributed by atoms with E-state index in [-0.39, 0.29) is 5.02 Å². The third-order valence-electron chi connectivity index (χ3n) is 1.31. The van der Waals surface area contributed by atoms with Gasteiger partial charge in [-0.15, -0.1) is 0 Å². The molecular weight excluding hydrogens is 220 g/mol. The fourth-order valence-corrected chi connectivity index (χ4v) is 1.48. The lowest BCUT2D eigenvalue weighted by atomic mass is 10.3. The Bertz CT molecular complexity index is 439. The van der Waals surface area contributed by atoms with E-state index >= 15 is 0 Å². The van der Waals surface area contributed by atoms with E-state index in [1.807, 2.05) is 0 Å². The van der Waals surface area contributed by atoms with E-state index in [9.17, 15) is 8.42 Å². The van der Waals surface area contributed by atoms with Crippen LogP contribution in [0.5, 0.6) is 11.5 Å². The molecule has 0 saturated heterocycles. The summed E-state index contributed by atoms with van der Waals surface area (Å²) in [7, 11) is -4.54. The molecule has 0 aliphatic heterocycles. The number of phenolic OH excluding ortho intramolecular Hbond substituents is 2. The molecule has 1 aromatic rings. The third kappa shape index (κ3) is 2.03. The van der Waals surface area contributed by atoms with Crippen LogP contribution in [0, 0.1) is 0 Å². The second-order valence-electron chi connectivity index (χ2n) is 2.25. The average Bonchev–Trinajstić information content (AvgIpc) is 1.94. The van der Waals surface area contributed by atoms with Gasteiger partial charge in [0.05, 0.1) is 5.02 Å². The largest absolute Gasteiger partial charge is 0.506 e. The van der Waals surface area contributed by atoms with Crippen LogP contribution in [0.15, 0.2) is 17.0 Å². The Labute approximate surface area is 79.0 Å². The minimum Gasteiger partial charge on any atom is -0.506 e. The SMILES string of the molecule is O=S(=O)(O)c1cc(O)c(Cl)cc1O. The van der Waals surface area contributed by atoms with Crippen LogP contribution in [0.2, 0.25) is 5.02 Å². The third-order valence-corrected chi connectivity index (χ3v) is 2.49. The number of rotatable bonds is 1. The molecule has 72 valence electrons. The number of hydrogen-bond donors (Lipinski definition) is 3. The molecule has 0 radical (unpaired) electrons. The Morgan fingerprint density at radius 1 is 1.15 bits per heavy atom. The predicted octanol–water partition coefficient (Wildman–Crippen LogP) is 0.998. The van der Waals surface area contributed by atoms with Crippen molar-refractivity contribution in [2.45, 2.75) is 4.90 Å². The van der Waals surface area contributed by atoms with Gasteiger partial charge in [0.15, 0.2) is 0 Å². The molecule has 0 amide bonds. The van der Waals surface area contributed by atoms with Gasteiger partial charge < -0.3 is 10.2 Å². The van der Waals surface area contributed by atoms with E-state index in [0.717, 1.165) is 6.07 Å². The van der Waals surface area contributed by atoms with Crippen molar-refractivity contribution in [3.05, 3.63) is 17.2 Å². The lowest BCUT2D eigenvalue weighted by Gasteiger charge is -2.02. The molecular formula is C6H5ClO5S. The molecule has 13 heavy (non-hydrogen) atoms. The van der Waals surface area contributed by atoms with Gasteiger partial charge in [-0.25, -0.2) is 0 Å². The second-order valence-corrected chi connectivity index (χ2v) is 4.04. The molecule has 0 heterocycles. The lowest BCUT2D eigenvalue weighted by molar-refractivity contribution is 0.433. The van der Waals surface area contributed by atoms with Gasteiger partial charge in [0.1, 0.15) is 16.4 Å². The lowest BCUT2D eigenvalue weighted by Crippen LogP contribution is -1.98. The quantitative estimate of drug-likeness (QED) is 0.489. The van der Waals surface area contributed by atoms with Crippen LogP contribution in [-0.2, 0) is 10.1 Å². The Balaban J connectivity index is 3.50. The fourth-order valence-electron chi connectivity index (χ4n) is 0.739. The average molecular weight is 225 g/mol. The van der Waals surface area contributed by atoms with Gasteiger partial charge in [-0.2, -0.15) is 8.42 Å². The first-order valence-electron chi connectivity index (χ1n) is 3.01. The number of benzene rings is 1. The van der Waals surface area contributed by atoms with Crippen molar-refractivity contribution in [3.8, 4) is 11.5 Å². The van der Waals surface area contributed by atoms with Crippen LogP contribution in [-0.4, -0.2) is 23.2 Å². The molecule has 1 aromatic carbocycles. The van der Waals surface area contributed by atoms with E-state index in [2.05, 4.69) is 0 Å². The molecule has 5 nitrogen and oxygen atoms in total. The van der Waals surface area contributed by atoms with Crippen molar-refractivity contribution in [2.75, 3.05) is 0 Å². The predicted molar refractivity (Wildman–Crippen MR) is 44.6 cm³/mol. The normalized spacial score (nSPS) is 11.5. The molecule has 0 fully saturated rings. The zero-order valence-electron chi connectivity index (χ0n) is 6.10. The Kier molecular flexibility index (Phi) is 2.38. The molecule has 0 aromatic heterocycles. The summed E-state index contributed by atoms with van der Waals surface area (Å²) in [5.74, 6) is -1.25. The number of aromatic hydroxyl groups is 2. The standard InChI is InChI=1S/C6H5ClO5S/c7-3-1-5(9)6(2-4(3)8)13(10,11)12/h1-2,8-9H,(H,10,11,12). The van der Waals surface area contributed by atoms with E-state index in [0.29, 0.717) is 6.07 Å². The molecule has 1 rings (SSSR count). The van der Waals surface area contributed by atoms with Crippen molar-refractivity contribution < 1.29 is 23.2 Å². The molecule has 7 heteroatoms. The van der Waals surface area contributed by atoms with E-state index in [1.165, 1.54) is 0 Å². The van der Waals surface area contributed by atoms with E-state index < -0.39 is 26.5 Å². The fraction of sp³-hybridized carbons (Fsp3) is 0. The van der Waals surface area contributed by atoms with Gasteiger partial charge in [0, 0.05) is 12.1 Å². The highest BCUT2D eigenvalue weighted by molar-refractivity contribution is 7.86. The van der Waals surface area contributed by atoms with Crippen LogP contribution in [0.3, 0.4) is 0 Å². The zero-order valence-corrected chi connectivity index (χ0v) is 7.67. The van der Waals surface area contributed by atoms with Gasteiger partial charge in [-0.05, 0) is 0 Å². The molecule has 0 saturated carbocycles. The van der Waals surface area contributed by atoms with Crippen molar-refractivity contribution >= 4 is 21.7 Å². The molecule has 0 atom stereocenters. The van der Waals surface area contributed by atoms with Gasteiger partial charge >= 0.3 is 0 Å². The number of phenols is 2. The molecule has 0 bridgehead atoms. The van der Waals surface area contributed by atoms with Crippen LogP contribution in [0.1, 0.15) is 0 Å². The molecule has 3 N–H and O–H groups in total. The summed E-state index contributed by atoms with van der Waals surface area (Å²) in [6.07, 6.45) is 0. The topological polar surface area (TPSA) is 94.8 Å². The maximum atomic E-state index is 10.6. The highest BCUT2D eigenvalue weighted by Crippen LogP contribution is 2.33. The summed E-state index contributed by atoms with van der Waals surface area (Å²) in [5.41, 5.74) is 0. The highest BCUT2D eigenvalue weighted by atomic mass is 35.5. The zero-order chi connectivity index (χ0) is 10.2. The Morgan fingerprint density at radius 3 is 2.15 bits per heavy atom. The molecule has 0 aliphatic carbocycles. The first-order chi connectivity index (χ1) is 5.82. The van der Waals surface area contributed by atoms with Gasteiger partial charge in [0.2, 0.25) is 0 Å². The summed E-state index contributed by atoms with van der Waals surface area (Å²) >= 11 is 5.35. The maximum absolute atomic E-state index is 10.6. The van der Waals surface area contributed by atoms with Gasteiger partial charge in [0.25, 0.3) is 10.1 Å². The van der Waals surface area contributed by atoms with Crippen LogP contribution < -0.4 is 0 Å². The minimum atomic E-state index is -4.54. The molecule has 0 aliphatic rings. The minimum absolute atomic E-state index is 0.204. The van der Waals surface area contributed by atoms with Gasteiger partial charge in [-0.3, -0.25) is 4.55 Å². The first kappa shape index (κ1) is 10.1. The molecule has 0 unspecified atom stereocenters. The second kappa shape index (κ2) is 3.06. The summed E-state index contributed by atoms with van der Waals surface area (Å²) in [6.45, 7) is 0.